The maximum atomic E-state index is 3.18. The van der Waals surface area contributed by atoms with E-state index in [0.717, 1.165) is 22.6 Å². The first-order valence-electron chi connectivity index (χ1n) is 13.7. The maximum absolute atomic E-state index is 3.18. The lowest BCUT2D eigenvalue weighted by molar-refractivity contribution is 1.01. The lowest BCUT2D eigenvalue weighted by Gasteiger charge is -2.26. The number of aromatic nitrogens is 2. The summed E-state index contributed by atoms with van der Waals surface area (Å²) in [5.74, 6) is 6.19. The van der Waals surface area contributed by atoms with Crippen LogP contribution in [0.5, 0.6) is 0 Å². The molecule has 0 atom stereocenters. The number of hydrogen-bond acceptors (Lipinski definition) is 1. The van der Waals surface area contributed by atoms with E-state index in [1.807, 2.05) is 6.92 Å². The minimum absolute atomic E-state index is 1.02. The molecule has 40 heavy (non-hydrogen) atoms. The second-order valence-corrected chi connectivity index (χ2v) is 10.8. The van der Waals surface area contributed by atoms with Crippen molar-refractivity contribution in [2.45, 2.75) is 20.8 Å². The molecule has 2 aromatic heterocycles. The summed E-state index contributed by atoms with van der Waals surface area (Å²) < 4.78 is 4.63. The van der Waals surface area contributed by atoms with Gasteiger partial charge in [0.25, 0.3) is 0 Å². The molecule has 2 heterocycles. The third kappa shape index (κ3) is 3.68. The van der Waals surface area contributed by atoms with Crippen LogP contribution in [0, 0.1) is 25.7 Å². The molecule has 7 rings (SSSR count). The molecule has 3 nitrogen and oxygen atoms in total. The van der Waals surface area contributed by atoms with Crippen LogP contribution in [0.15, 0.2) is 97.1 Å². The predicted molar refractivity (Wildman–Crippen MR) is 171 cm³/mol. The van der Waals surface area contributed by atoms with Crippen LogP contribution in [0.4, 0.5) is 17.1 Å². The minimum Gasteiger partial charge on any atom is -0.344 e. The fraction of sp³-hybridized carbons (Fsp3) is 0.135. The lowest BCUT2D eigenvalue weighted by atomic mass is 10.1. The molecule has 5 aromatic carbocycles. The highest BCUT2D eigenvalue weighted by molar-refractivity contribution is 6.11. The summed E-state index contributed by atoms with van der Waals surface area (Å²) in [6.45, 7) is 6.18. The fourth-order valence-electron chi connectivity index (χ4n) is 6.17. The Morgan fingerprint density at radius 3 is 1.35 bits per heavy atom. The molecule has 194 valence electrons. The van der Waals surface area contributed by atoms with Gasteiger partial charge in [-0.3, -0.25) is 0 Å². The Kier molecular flexibility index (Phi) is 5.47. The Bertz CT molecular complexity index is 2040. The van der Waals surface area contributed by atoms with Gasteiger partial charge < -0.3 is 14.0 Å². The third-order valence-corrected chi connectivity index (χ3v) is 8.21. The molecule has 0 spiro atoms. The average molecular weight is 518 g/mol. The number of anilines is 3. The van der Waals surface area contributed by atoms with E-state index in [9.17, 15) is 0 Å². The first-order valence-corrected chi connectivity index (χ1v) is 13.7. The van der Waals surface area contributed by atoms with Crippen LogP contribution in [0.1, 0.15) is 23.6 Å². The van der Waals surface area contributed by atoms with E-state index in [1.54, 1.807) is 0 Å². The Morgan fingerprint density at radius 1 is 0.500 bits per heavy atom. The Morgan fingerprint density at radius 2 is 0.900 bits per heavy atom. The second-order valence-electron chi connectivity index (χ2n) is 10.8. The maximum Gasteiger partial charge on any atom is 0.0509 e. The van der Waals surface area contributed by atoms with E-state index in [1.165, 1.54) is 54.7 Å². The van der Waals surface area contributed by atoms with Crippen molar-refractivity contribution in [1.82, 2.24) is 9.13 Å². The summed E-state index contributed by atoms with van der Waals surface area (Å²) in [6.07, 6.45) is 0. The number of benzene rings is 5. The number of nitrogens with zero attached hydrogens (tertiary/aromatic N) is 3. The summed E-state index contributed by atoms with van der Waals surface area (Å²) in [4.78, 5) is 2.36. The Balaban J connectivity index is 1.46. The first-order chi connectivity index (χ1) is 19.4. The summed E-state index contributed by atoms with van der Waals surface area (Å²) in [6, 6.07) is 35.7. The van der Waals surface area contributed by atoms with Crippen molar-refractivity contribution < 1.29 is 0 Å². The van der Waals surface area contributed by atoms with Crippen LogP contribution in [-0.2, 0) is 14.1 Å². The highest BCUT2D eigenvalue weighted by Gasteiger charge is 2.18. The van der Waals surface area contributed by atoms with Gasteiger partial charge in [0.2, 0.25) is 0 Å². The van der Waals surface area contributed by atoms with Crippen LogP contribution < -0.4 is 4.90 Å². The highest BCUT2D eigenvalue weighted by atomic mass is 15.1. The molecule has 0 aliphatic rings. The molecular formula is C37H31N3. The van der Waals surface area contributed by atoms with E-state index in [0.29, 0.717) is 0 Å². The van der Waals surface area contributed by atoms with Gasteiger partial charge in [-0.1, -0.05) is 42.3 Å². The van der Waals surface area contributed by atoms with Crippen LogP contribution in [-0.4, -0.2) is 9.13 Å². The van der Waals surface area contributed by atoms with Crippen molar-refractivity contribution in [3.8, 4) is 11.8 Å². The van der Waals surface area contributed by atoms with Gasteiger partial charge in [-0.15, -0.1) is 5.92 Å². The largest absolute Gasteiger partial charge is 0.344 e. The fourth-order valence-corrected chi connectivity index (χ4v) is 6.17. The first kappa shape index (κ1) is 24.1. The van der Waals surface area contributed by atoms with Crippen LogP contribution in [0.2, 0.25) is 0 Å². The smallest absolute Gasteiger partial charge is 0.0509 e. The monoisotopic (exact) mass is 517 g/mol. The van der Waals surface area contributed by atoms with Gasteiger partial charge in [-0.2, -0.15) is 0 Å². The predicted octanol–water partition coefficient (Wildman–Crippen LogP) is 9.43. The normalized spacial score (nSPS) is 11.4. The molecular weight excluding hydrogens is 486 g/mol. The SMILES string of the molecule is CC#Cc1ccc(N(c2ccc3c4ccc(C)cc4n(C)c3c2)c2ccc3c4ccc(C)cc4n(C)c3c2)cc1. The lowest BCUT2D eigenvalue weighted by Crippen LogP contribution is -2.10. The van der Waals surface area contributed by atoms with E-state index in [2.05, 4.69) is 151 Å². The molecule has 0 saturated heterocycles. The molecule has 3 heteroatoms. The third-order valence-electron chi connectivity index (χ3n) is 8.21. The summed E-state index contributed by atoms with van der Waals surface area (Å²) in [7, 11) is 4.33. The van der Waals surface area contributed by atoms with Crippen molar-refractivity contribution >= 4 is 60.7 Å². The van der Waals surface area contributed by atoms with Gasteiger partial charge in [-0.05, 0) is 92.6 Å². The van der Waals surface area contributed by atoms with Crippen LogP contribution in [0.3, 0.4) is 0 Å². The molecule has 7 aromatic rings. The number of aryl methyl sites for hydroxylation is 4. The zero-order chi connectivity index (χ0) is 27.5. The van der Waals surface area contributed by atoms with E-state index in [-0.39, 0.29) is 0 Å². The van der Waals surface area contributed by atoms with Crippen LogP contribution in [0.25, 0.3) is 43.6 Å². The van der Waals surface area contributed by atoms with Crippen molar-refractivity contribution in [3.05, 3.63) is 114 Å². The number of rotatable bonds is 3. The molecule has 0 unspecified atom stereocenters. The molecule has 0 radical (unpaired) electrons. The van der Waals surface area contributed by atoms with Crippen molar-refractivity contribution in [2.75, 3.05) is 4.90 Å². The van der Waals surface area contributed by atoms with E-state index >= 15 is 0 Å². The van der Waals surface area contributed by atoms with Crippen LogP contribution >= 0.6 is 0 Å². The van der Waals surface area contributed by atoms with Gasteiger partial charge in [0, 0.05) is 69.3 Å². The zero-order valence-corrected chi connectivity index (χ0v) is 23.6. The van der Waals surface area contributed by atoms with Crippen molar-refractivity contribution in [2.24, 2.45) is 14.1 Å². The molecule has 0 bridgehead atoms. The molecule has 0 fully saturated rings. The standard InChI is InChI=1S/C37H31N3/c1-6-7-26-10-12-27(13-11-26)40(28-14-18-32-30-16-8-24(2)20-34(30)38(4)36(32)22-28)29-15-19-33-31-17-9-25(3)21-35(31)39(5)37(33)23-29/h8-23H,1-5H3. The molecule has 0 saturated carbocycles. The van der Waals surface area contributed by atoms with E-state index < -0.39 is 0 Å². The van der Waals surface area contributed by atoms with E-state index in [4.69, 9.17) is 0 Å². The molecule has 0 N–H and O–H groups in total. The minimum atomic E-state index is 1.02. The second kappa shape index (κ2) is 9.07. The number of fused-ring (bicyclic) bond motifs is 6. The summed E-state index contributed by atoms with van der Waals surface area (Å²) in [5.41, 5.74) is 11.9. The van der Waals surface area contributed by atoms with Gasteiger partial charge in [0.1, 0.15) is 0 Å². The van der Waals surface area contributed by atoms with Gasteiger partial charge >= 0.3 is 0 Å². The van der Waals surface area contributed by atoms with Crippen molar-refractivity contribution in [3.63, 3.8) is 0 Å². The topological polar surface area (TPSA) is 13.1 Å². The van der Waals surface area contributed by atoms with Gasteiger partial charge in [-0.25, -0.2) is 0 Å². The molecule has 0 aliphatic carbocycles. The Hall–Kier alpha value is -4.94. The number of hydrogen-bond donors (Lipinski definition) is 0. The van der Waals surface area contributed by atoms with Gasteiger partial charge in [0.05, 0.1) is 11.0 Å². The summed E-state index contributed by atoms with van der Waals surface area (Å²) >= 11 is 0. The van der Waals surface area contributed by atoms with Crippen molar-refractivity contribution in [1.29, 1.82) is 0 Å². The molecule has 0 amide bonds. The molecule has 0 aliphatic heterocycles. The quantitative estimate of drug-likeness (QED) is 0.213. The highest BCUT2D eigenvalue weighted by Crippen LogP contribution is 2.40. The van der Waals surface area contributed by atoms with Gasteiger partial charge in [0.15, 0.2) is 0 Å². The zero-order valence-electron chi connectivity index (χ0n) is 23.6. The summed E-state index contributed by atoms with van der Waals surface area (Å²) in [5, 5.41) is 5.12. The average Bonchev–Trinajstić information content (AvgIpc) is 3.39. The Labute approximate surface area is 234 Å².